The molecule has 2 aliphatic rings. The van der Waals surface area contributed by atoms with Crippen molar-refractivity contribution in [2.75, 3.05) is 7.11 Å². The van der Waals surface area contributed by atoms with Crippen LogP contribution in [-0.4, -0.2) is 29.8 Å². The molecule has 102 valence electrons. The normalized spacial score (nSPS) is 33.7. The van der Waals surface area contributed by atoms with Crippen LogP contribution in [0.4, 0.5) is 0 Å². The van der Waals surface area contributed by atoms with E-state index in [1.807, 2.05) is 0 Å². The molecule has 0 spiro atoms. The molecule has 0 aliphatic heterocycles. The van der Waals surface area contributed by atoms with Gasteiger partial charge >= 0.3 is 5.97 Å². The first-order valence-corrected chi connectivity index (χ1v) is 6.14. The van der Waals surface area contributed by atoms with Gasteiger partial charge in [0.25, 0.3) is 0 Å². The zero-order valence-corrected chi connectivity index (χ0v) is 10.9. The Morgan fingerprint density at radius 3 is 2.79 bits per heavy atom. The van der Waals surface area contributed by atoms with Crippen LogP contribution in [0.1, 0.15) is 19.8 Å². The quantitative estimate of drug-likeness (QED) is 0.778. The molecule has 0 radical (unpaired) electrons. The van der Waals surface area contributed by atoms with Gasteiger partial charge in [-0.3, -0.25) is 14.4 Å². The monoisotopic (exact) mass is 264 g/mol. The molecule has 0 fully saturated rings. The van der Waals surface area contributed by atoms with E-state index in [0.717, 1.165) is 0 Å². The molecule has 0 aromatic carbocycles. The van der Waals surface area contributed by atoms with Gasteiger partial charge in [-0.1, -0.05) is 19.1 Å². The van der Waals surface area contributed by atoms with Crippen molar-refractivity contribution >= 4 is 17.5 Å². The standard InChI is InChI=1S/C14H16O5/c1-14-8(6-12(16)17)4-3-5-9(14)10(15)7-11(19-2)13(14)18/h3-4,7-9H,5-6H2,1-2H3,(H,16,17)/t8-,9-,14-/m1/s1. The van der Waals surface area contributed by atoms with Gasteiger partial charge in [0.05, 0.1) is 18.9 Å². The lowest BCUT2D eigenvalue weighted by Gasteiger charge is -2.44. The van der Waals surface area contributed by atoms with E-state index < -0.39 is 23.2 Å². The Morgan fingerprint density at radius 1 is 1.53 bits per heavy atom. The molecule has 0 saturated carbocycles. The molecular formula is C14H16O5. The number of carboxylic acid groups (broad SMARTS) is 1. The predicted molar refractivity (Wildman–Crippen MR) is 66.2 cm³/mol. The van der Waals surface area contributed by atoms with E-state index in [9.17, 15) is 14.4 Å². The Labute approximate surface area is 110 Å². The molecule has 0 bridgehead atoms. The summed E-state index contributed by atoms with van der Waals surface area (Å²) in [6, 6.07) is 0. The second kappa shape index (κ2) is 4.64. The Balaban J connectivity index is 2.48. The Bertz CT molecular complexity index is 502. The van der Waals surface area contributed by atoms with E-state index in [1.165, 1.54) is 13.2 Å². The van der Waals surface area contributed by atoms with Gasteiger partial charge in [0, 0.05) is 17.9 Å². The maximum atomic E-state index is 12.5. The fourth-order valence-corrected chi connectivity index (χ4v) is 3.00. The van der Waals surface area contributed by atoms with Gasteiger partial charge in [0.2, 0.25) is 5.78 Å². The molecule has 3 atom stereocenters. The first-order chi connectivity index (χ1) is 8.91. The van der Waals surface area contributed by atoms with Gasteiger partial charge in [-0.2, -0.15) is 0 Å². The fourth-order valence-electron chi connectivity index (χ4n) is 3.00. The second-order valence-corrected chi connectivity index (χ2v) is 5.15. The molecule has 0 heterocycles. The number of fused-ring (bicyclic) bond motifs is 1. The van der Waals surface area contributed by atoms with Crippen molar-refractivity contribution in [2.24, 2.45) is 17.3 Å². The average Bonchev–Trinajstić information content (AvgIpc) is 2.35. The largest absolute Gasteiger partial charge is 0.493 e. The number of hydrogen-bond acceptors (Lipinski definition) is 4. The third-order valence-electron chi connectivity index (χ3n) is 4.18. The van der Waals surface area contributed by atoms with Crippen LogP contribution in [0.15, 0.2) is 24.0 Å². The Morgan fingerprint density at radius 2 is 2.21 bits per heavy atom. The van der Waals surface area contributed by atoms with E-state index in [-0.39, 0.29) is 23.7 Å². The van der Waals surface area contributed by atoms with E-state index in [2.05, 4.69) is 0 Å². The van der Waals surface area contributed by atoms with Crippen LogP contribution in [0.25, 0.3) is 0 Å². The number of ether oxygens (including phenoxy) is 1. The van der Waals surface area contributed by atoms with Crippen LogP contribution in [0.3, 0.4) is 0 Å². The number of carbonyl (C=O) groups is 3. The van der Waals surface area contributed by atoms with Crippen molar-refractivity contribution in [3.05, 3.63) is 24.0 Å². The van der Waals surface area contributed by atoms with Gasteiger partial charge in [0.1, 0.15) is 0 Å². The van der Waals surface area contributed by atoms with Crippen molar-refractivity contribution in [1.29, 1.82) is 0 Å². The highest BCUT2D eigenvalue weighted by molar-refractivity contribution is 6.12. The minimum absolute atomic E-state index is 0.0226. The first-order valence-electron chi connectivity index (χ1n) is 6.14. The topological polar surface area (TPSA) is 80.7 Å². The fraction of sp³-hybridized carbons (Fsp3) is 0.500. The summed E-state index contributed by atoms with van der Waals surface area (Å²) in [6.45, 7) is 1.67. The molecule has 5 nitrogen and oxygen atoms in total. The number of ketones is 2. The van der Waals surface area contributed by atoms with E-state index >= 15 is 0 Å². The summed E-state index contributed by atoms with van der Waals surface area (Å²) in [5, 5.41) is 8.97. The molecule has 0 aromatic heterocycles. The zero-order valence-electron chi connectivity index (χ0n) is 10.9. The highest BCUT2D eigenvalue weighted by Gasteiger charge is 2.54. The Kier molecular flexibility index (Phi) is 3.30. The number of carbonyl (C=O) groups excluding carboxylic acids is 2. The van der Waals surface area contributed by atoms with Gasteiger partial charge in [-0.15, -0.1) is 0 Å². The third kappa shape index (κ3) is 1.99. The molecular weight excluding hydrogens is 248 g/mol. The number of rotatable bonds is 3. The number of aliphatic carboxylic acids is 1. The molecule has 1 N–H and O–H groups in total. The van der Waals surface area contributed by atoms with Crippen LogP contribution in [0.2, 0.25) is 0 Å². The molecule has 0 saturated heterocycles. The van der Waals surface area contributed by atoms with E-state index in [4.69, 9.17) is 9.84 Å². The molecule has 0 unspecified atom stereocenters. The SMILES string of the molecule is COC1=CC(=O)[C@H]2CC=C[C@H](CC(=O)O)[C@@]2(C)C1=O. The van der Waals surface area contributed by atoms with Crippen molar-refractivity contribution in [1.82, 2.24) is 0 Å². The summed E-state index contributed by atoms with van der Waals surface area (Å²) >= 11 is 0. The lowest BCUT2D eigenvalue weighted by molar-refractivity contribution is -0.146. The molecule has 5 heteroatoms. The van der Waals surface area contributed by atoms with Gasteiger partial charge in [-0.25, -0.2) is 0 Å². The Hall–Kier alpha value is -1.91. The lowest BCUT2D eigenvalue weighted by atomic mass is 9.57. The highest BCUT2D eigenvalue weighted by atomic mass is 16.5. The molecule has 2 aliphatic carbocycles. The van der Waals surface area contributed by atoms with Crippen LogP contribution in [0, 0.1) is 17.3 Å². The maximum absolute atomic E-state index is 12.5. The summed E-state index contributed by atoms with van der Waals surface area (Å²) < 4.78 is 4.96. The third-order valence-corrected chi connectivity index (χ3v) is 4.18. The van der Waals surface area contributed by atoms with Gasteiger partial charge in [0.15, 0.2) is 11.5 Å². The van der Waals surface area contributed by atoms with Crippen molar-refractivity contribution < 1.29 is 24.2 Å². The van der Waals surface area contributed by atoms with Gasteiger partial charge in [-0.05, 0) is 6.42 Å². The number of methoxy groups -OCH3 is 1. The molecule has 0 aromatic rings. The summed E-state index contributed by atoms with van der Waals surface area (Å²) in [5.41, 5.74) is -1.02. The second-order valence-electron chi connectivity index (χ2n) is 5.15. The molecule has 0 amide bonds. The minimum atomic E-state index is -1.02. The number of carboxylic acids is 1. The van der Waals surface area contributed by atoms with Crippen molar-refractivity contribution in [3.63, 3.8) is 0 Å². The predicted octanol–water partition coefficient (Wildman–Crippen LogP) is 1.34. The maximum Gasteiger partial charge on any atom is 0.303 e. The smallest absolute Gasteiger partial charge is 0.303 e. The molecule has 19 heavy (non-hydrogen) atoms. The van der Waals surface area contributed by atoms with Crippen LogP contribution in [-0.2, 0) is 19.1 Å². The molecule has 2 rings (SSSR count). The summed E-state index contributed by atoms with van der Waals surface area (Å²) in [6.07, 6.45) is 5.04. The average molecular weight is 264 g/mol. The highest BCUT2D eigenvalue weighted by Crippen LogP contribution is 2.48. The number of Topliss-reactive ketones (excluding diaryl/α,β-unsaturated/α-hetero) is 1. The van der Waals surface area contributed by atoms with Crippen LogP contribution >= 0.6 is 0 Å². The van der Waals surface area contributed by atoms with Crippen LogP contribution in [0.5, 0.6) is 0 Å². The van der Waals surface area contributed by atoms with Gasteiger partial charge < -0.3 is 9.84 Å². The first kappa shape index (κ1) is 13.5. The van der Waals surface area contributed by atoms with Crippen LogP contribution < -0.4 is 0 Å². The minimum Gasteiger partial charge on any atom is -0.493 e. The summed E-state index contributed by atoms with van der Waals surface area (Å²) in [7, 11) is 1.34. The summed E-state index contributed by atoms with van der Waals surface area (Å²) in [5.74, 6) is -2.39. The number of allylic oxidation sites excluding steroid dienone is 4. The van der Waals surface area contributed by atoms with E-state index in [0.29, 0.717) is 6.42 Å². The number of hydrogen-bond donors (Lipinski definition) is 1. The van der Waals surface area contributed by atoms with Crippen molar-refractivity contribution in [2.45, 2.75) is 19.8 Å². The van der Waals surface area contributed by atoms with E-state index in [1.54, 1.807) is 19.1 Å². The lowest BCUT2D eigenvalue weighted by Crippen LogP contribution is -2.50. The summed E-state index contributed by atoms with van der Waals surface area (Å²) in [4.78, 5) is 35.5. The van der Waals surface area contributed by atoms with Crippen molar-refractivity contribution in [3.8, 4) is 0 Å². The zero-order chi connectivity index (χ0) is 14.2.